The molecule has 5 nitrogen and oxygen atoms in total. The van der Waals surface area contributed by atoms with Crippen molar-refractivity contribution in [2.24, 2.45) is 0 Å². The fourth-order valence-corrected chi connectivity index (χ4v) is 4.51. The number of likely N-dealkylation sites (tertiary alicyclic amines) is 1. The molecule has 0 bridgehead atoms. The lowest BCUT2D eigenvalue weighted by molar-refractivity contribution is 0.193. The van der Waals surface area contributed by atoms with Crippen molar-refractivity contribution in [1.82, 2.24) is 19.8 Å². The summed E-state index contributed by atoms with van der Waals surface area (Å²) in [5, 5.41) is 5.17. The molecule has 1 aliphatic rings. The summed E-state index contributed by atoms with van der Waals surface area (Å²) in [4.78, 5) is 20.5. The number of fused-ring (bicyclic) bond motifs is 1. The molecule has 0 aliphatic carbocycles. The van der Waals surface area contributed by atoms with Gasteiger partial charge in [-0.05, 0) is 43.3 Å². The summed E-state index contributed by atoms with van der Waals surface area (Å²) in [7, 11) is 0. The summed E-state index contributed by atoms with van der Waals surface area (Å²) >= 11 is 1.73. The van der Waals surface area contributed by atoms with E-state index in [2.05, 4.69) is 38.4 Å². The van der Waals surface area contributed by atoms with E-state index in [1.807, 2.05) is 30.0 Å². The fraction of sp³-hybridized carbons (Fsp3) is 0.368. The van der Waals surface area contributed by atoms with Crippen LogP contribution in [-0.2, 0) is 6.54 Å². The Morgan fingerprint density at radius 3 is 3.04 bits per heavy atom. The van der Waals surface area contributed by atoms with Crippen molar-refractivity contribution in [1.29, 1.82) is 0 Å². The van der Waals surface area contributed by atoms with E-state index in [1.165, 1.54) is 4.88 Å². The van der Waals surface area contributed by atoms with E-state index in [1.54, 1.807) is 11.3 Å². The van der Waals surface area contributed by atoms with Crippen LogP contribution in [0.15, 0.2) is 41.8 Å². The van der Waals surface area contributed by atoms with Crippen LogP contribution in [-0.4, -0.2) is 33.6 Å². The Hall–Kier alpha value is -2.34. The van der Waals surface area contributed by atoms with E-state index in [0.29, 0.717) is 6.54 Å². The summed E-state index contributed by atoms with van der Waals surface area (Å²) in [5.74, 6) is 0.980. The Kier molecular flexibility index (Phi) is 4.44. The molecule has 0 radical (unpaired) electrons. The number of rotatable bonds is 4. The van der Waals surface area contributed by atoms with Crippen molar-refractivity contribution in [2.45, 2.75) is 32.4 Å². The summed E-state index contributed by atoms with van der Waals surface area (Å²) in [6.45, 7) is 4.18. The first-order valence-corrected chi connectivity index (χ1v) is 9.62. The van der Waals surface area contributed by atoms with Crippen molar-refractivity contribution < 1.29 is 4.79 Å². The van der Waals surface area contributed by atoms with Crippen molar-refractivity contribution in [3.8, 4) is 0 Å². The molecule has 4 rings (SSSR count). The number of para-hydroxylation sites is 2. The predicted molar refractivity (Wildman–Crippen MR) is 101 cm³/mol. The van der Waals surface area contributed by atoms with E-state index in [0.717, 1.165) is 42.8 Å². The number of aromatic nitrogens is 2. The number of nitrogens with one attached hydrogen (secondary N) is 1. The molecule has 1 unspecified atom stereocenters. The van der Waals surface area contributed by atoms with Gasteiger partial charge in [0.1, 0.15) is 5.82 Å². The predicted octanol–water partition coefficient (Wildman–Crippen LogP) is 3.95. The topological polar surface area (TPSA) is 50.2 Å². The first kappa shape index (κ1) is 16.1. The van der Waals surface area contributed by atoms with Crippen LogP contribution >= 0.6 is 11.3 Å². The number of thiophene rings is 1. The van der Waals surface area contributed by atoms with Crippen molar-refractivity contribution in [3.63, 3.8) is 0 Å². The lowest BCUT2D eigenvalue weighted by Crippen LogP contribution is -2.40. The zero-order valence-corrected chi connectivity index (χ0v) is 15.1. The van der Waals surface area contributed by atoms with Gasteiger partial charge in [-0.3, -0.25) is 0 Å². The Labute approximate surface area is 151 Å². The molecule has 1 aliphatic heterocycles. The first-order valence-electron chi connectivity index (χ1n) is 8.74. The van der Waals surface area contributed by atoms with Gasteiger partial charge in [0, 0.05) is 24.5 Å². The maximum atomic E-state index is 12.6. The molecule has 1 atom stereocenters. The van der Waals surface area contributed by atoms with E-state index in [4.69, 9.17) is 0 Å². The van der Waals surface area contributed by atoms with Gasteiger partial charge in [0.25, 0.3) is 0 Å². The third-order valence-electron chi connectivity index (χ3n) is 4.84. The third-order valence-corrected chi connectivity index (χ3v) is 5.82. The number of hydrogen-bond donors (Lipinski definition) is 1. The molecule has 1 aromatic carbocycles. The second-order valence-electron chi connectivity index (χ2n) is 6.40. The summed E-state index contributed by atoms with van der Waals surface area (Å²) in [6, 6.07) is 12.6. The quantitative estimate of drug-likeness (QED) is 0.771. The Bertz CT molecular complexity index is 871. The summed E-state index contributed by atoms with van der Waals surface area (Å²) in [5.41, 5.74) is 2.12. The fourth-order valence-electron chi connectivity index (χ4n) is 3.64. The van der Waals surface area contributed by atoms with Gasteiger partial charge in [-0.25, -0.2) is 9.78 Å². The van der Waals surface area contributed by atoms with Crippen LogP contribution in [0.2, 0.25) is 0 Å². The van der Waals surface area contributed by atoms with Crippen LogP contribution in [0.5, 0.6) is 0 Å². The minimum absolute atomic E-state index is 0.0398. The van der Waals surface area contributed by atoms with Crippen LogP contribution in [0.4, 0.5) is 4.79 Å². The average molecular weight is 354 g/mol. The smallest absolute Gasteiger partial charge is 0.318 e. The number of carbonyl (C=O) groups is 1. The Morgan fingerprint density at radius 1 is 1.32 bits per heavy atom. The van der Waals surface area contributed by atoms with Gasteiger partial charge in [-0.2, -0.15) is 0 Å². The van der Waals surface area contributed by atoms with Gasteiger partial charge < -0.3 is 14.8 Å². The van der Waals surface area contributed by atoms with Gasteiger partial charge in [0.2, 0.25) is 0 Å². The van der Waals surface area contributed by atoms with Crippen molar-refractivity contribution in [2.75, 3.05) is 13.1 Å². The molecule has 2 amide bonds. The van der Waals surface area contributed by atoms with Gasteiger partial charge in [0.15, 0.2) is 0 Å². The minimum Gasteiger partial charge on any atom is -0.336 e. The van der Waals surface area contributed by atoms with E-state index in [-0.39, 0.29) is 12.1 Å². The van der Waals surface area contributed by atoms with E-state index < -0.39 is 0 Å². The minimum atomic E-state index is 0.0398. The molecule has 2 aromatic heterocycles. The largest absolute Gasteiger partial charge is 0.336 e. The molecule has 6 heteroatoms. The van der Waals surface area contributed by atoms with Crippen LogP contribution in [0.3, 0.4) is 0 Å². The number of nitrogens with zero attached hydrogens (tertiary/aromatic N) is 3. The number of carbonyl (C=O) groups excluding carboxylic acids is 1. The SMILES string of the molecule is Cc1nc2ccccc2n1CCNC(=O)N1CCCC1c1cccs1. The molecule has 3 heterocycles. The maximum Gasteiger partial charge on any atom is 0.318 e. The summed E-state index contributed by atoms with van der Waals surface area (Å²) in [6.07, 6.45) is 2.13. The molecule has 1 fully saturated rings. The highest BCUT2D eigenvalue weighted by Gasteiger charge is 2.30. The summed E-state index contributed by atoms with van der Waals surface area (Å²) < 4.78 is 2.16. The highest BCUT2D eigenvalue weighted by molar-refractivity contribution is 7.10. The normalized spacial score (nSPS) is 17.3. The molecule has 3 aromatic rings. The lowest BCUT2D eigenvalue weighted by Gasteiger charge is -2.24. The zero-order chi connectivity index (χ0) is 17.2. The molecule has 1 saturated heterocycles. The van der Waals surface area contributed by atoms with Crippen LogP contribution < -0.4 is 5.32 Å². The number of urea groups is 1. The average Bonchev–Trinajstić information content (AvgIpc) is 3.34. The molecule has 1 N–H and O–H groups in total. The second-order valence-corrected chi connectivity index (χ2v) is 7.38. The van der Waals surface area contributed by atoms with Gasteiger partial charge in [-0.1, -0.05) is 18.2 Å². The van der Waals surface area contributed by atoms with Crippen molar-refractivity contribution >= 4 is 28.4 Å². The monoisotopic (exact) mass is 354 g/mol. The maximum absolute atomic E-state index is 12.6. The molecule has 0 spiro atoms. The standard InChI is InChI=1S/C19H22N4OS/c1-14-21-15-6-2-3-7-16(15)22(14)12-10-20-19(24)23-11-4-8-17(23)18-9-5-13-25-18/h2-3,5-7,9,13,17H,4,8,10-12H2,1H3,(H,20,24). The number of hydrogen-bond acceptors (Lipinski definition) is 3. The van der Waals surface area contributed by atoms with Crippen LogP contribution in [0.1, 0.15) is 29.6 Å². The molecule has 25 heavy (non-hydrogen) atoms. The van der Waals surface area contributed by atoms with Crippen LogP contribution in [0.25, 0.3) is 11.0 Å². The highest BCUT2D eigenvalue weighted by Crippen LogP contribution is 2.34. The van der Waals surface area contributed by atoms with E-state index >= 15 is 0 Å². The first-order chi connectivity index (χ1) is 12.2. The third kappa shape index (κ3) is 3.14. The highest BCUT2D eigenvalue weighted by atomic mass is 32.1. The number of amides is 2. The number of benzene rings is 1. The zero-order valence-electron chi connectivity index (χ0n) is 14.3. The molecular weight excluding hydrogens is 332 g/mol. The lowest BCUT2D eigenvalue weighted by atomic mass is 10.2. The second kappa shape index (κ2) is 6.88. The molecular formula is C19H22N4OS. The van der Waals surface area contributed by atoms with Crippen molar-refractivity contribution in [3.05, 3.63) is 52.5 Å². The van der Waals surface area contributed by atoms with Crippen LogP contribution in [0, 0.1) is 6.92 Å². The van der Waals surface area contributed by atoms with Gasteiger partial charge in [-0.15, -0.1) is 11.3 Å². The van der Waals surface area contributed by atoms with Gasteiger partial charge in [0.05, 0.1) is 17.1 Å². The van der Waals surface area contributed by atoms with E-state index in [9.17, 15) is 4.79 Å². The Balaban J connectivity index is 1.39. The number of imidazole rings is 1. The van der Waals surface area contributed by atoms with Gasteiger partial charge >= 0.3 is 6.03 Å². The Morgan fingerprint density at radius 2 is 2.20 bits per heavy atom. The molecule has 0 saturated carbocycles. The number of aryl methyl sites for hydroxylation is 1. The molecule has 130 valence electrons.